The van der Waals surface area contributed by atoms with Crippen molar-refractivity contribution in [1.82, 2.24) is 0 Å². The molecule has 0 heterocycles. The second kappa shape index (κ2) is 2.09. The van der Waals surface area contributed by atoms with E-state index in [4.69, 9.17) is 5.50 Å². The van der Waals surface area contributed by atoms with E-state index in [0.29, 0.717) is 0 Å². The van der Waals surface area contributed by atoms with Crippen molar-refractivity contribution in [2.24, 2.45) is 5.50 Å². The molecule has 0 aliphatic rings. The molecular weight excluding hydrogens is 109 g/mol. The highest BCUT2D eigenvalue weighted by atomic mass is 32.9. The Labute approximate surface area is 36.2 Å². The molecule has 1 radical (unpaired) electrons. The zero-order valence-electron chi connectivity index (χ0n) is 1.88. The summed E-state index contributed by atoms with van der Waals surface area (Å²) in [5, 5.41) is 0. The van der Waals surface area contributed by atoms with Gasteiger partial charge in [0.05, 0.1) is 0 Å². The summed E-state index contributed by atoms with van der Waals surface area (Å²) in [6, 6.07) is -0.843. The van der Waals surface area contributed by atoms with Crippen LogP contribution in [-0.4, -0.2) is 0 Å². The van der Waals surface area contributed by atoms with E-state index in [1.54, 1.807) is 0 Å². The van der Waals surface area contributed by atoms with Gasteiger partial charge in [-0.3, -0.25) is 5.50 Å². The van der Waals surface area contributed by atoms with Crippen LogP contribution in [0.4, 0.5) is 0 Å². The molecule has 0 aliphatic carbocycles. The Bertz CT molecular complexity index is 29.0. The van der Waals surface area contributed by atoms with Crippen molar-refractivity contribution >= 4 is 30.1 Å². The molecule has 1 unspecified atom stereocenters. The van der Waals surface area contributed by atoms with Gasteiger partial charge in [-0.25, -0.2) is 0 Å². The molecule has 0 aromatic rings. The first-order chi connectivity index (χ1) is 1.73. The third-order valence-electron chi connectivity index (χ3n) is 0. The predicted octanol–water partition coefficient (Wildman–Crippen LogP) is 0.649. The maximum atomic E-state index is 4.85. The summed E-state index contributed by atoms with van der Waals surface area (Å²) in [6.07, 6.45) is 0. The van der Waals surface area contributed by atoms with Crippen LogP contribution in [0.2, 0.25) is 0 Å². The average molecular weight is 112 g/mol. The van der Waals surface area contributed by atoms with Crippen molar-refractivity contribution in [3.8, 4) is 0 Å². The van der Waals surface area contributed by atoms with Crippen LogP contribution in [0.15, 0.2) is 0 Å². The lowest BCUT2D eigenvalue weighted by atomic mass is 13.9. The number of thiol groups is 1. The predicted molar refractivity (Wildman–Crippen MR) is 27.5 cm³/mol. The zero-order valence-corrected chi connectivity index (χ0v) is 4.49. The Morgan fingerprint density at radius 3 is 2.00 bits per heavy atom. The van der Waals surface area contributed by atoms with Gasteiger partial charge in [0.15, 0.2) is 0 Å². The third kappa shape index (κ3) is 13.8. The summed E-state index contributed by atoms with van der Waals surface area (Å²) in [5.74, 6) is 0. The SMILES string of the molecule is N[P](=S)S. The molecule has 4 heteroatoms. The molecule has 0 saturated carbocycles. The monoisotopic (exact) mass is 112 g/mol. The van der Waals surface area contributed by atoms with Crippen LogP contribution in [-0.2, 0) is 11.8 Å². The van der Waals surface area contributed by atoms with Gasteiger partial charge < -0.3 is 0 Å². The Morgan fingerprint density at radius 1 is 2.00 bits per heavy atom. The first kappa shape index (κ1) is 4.83. The lowest BCUT2D eigenvalue weighted by Crippen LogP contribution is -1.60. The zero-order chi connectivity index (χ0) is 3.58. The van der Waals surface area contributed by atoms with Crippen LogP contribution in [0.1, 0.15) is 0 Å². The van der Waals surface area contributed by atoms with Crippen molar-refractivity contribution in [2.45, 2.75) is 0 Å². The molecule has 0 spiro atoms. The third-order valence-corrected chi connectivity index (χ3v) is 0. The summed E-state index contributed by atoms with van der Waals surface area (Å²) in [5.41, 5.74) is 4.85. The summed E-state index contributed by atoms with van der Waals surface area (Å²) in [6.45, 7) is 0. The van der Waals surface area contributed by atoms with Crippen LogP contribution in [0.5, 0.6) is 0 Å². The van der Waals surface area contributed by atoms with E-state index in [2.05, 4.69) is 24.1 Å². The maximum absolute atomic E-state index is 4.85. The first-order valence-corrected chi connectivity index (χ1v) is 4.22. The highest BCUT2D eigenvalue weighted by molar-refractivity contribution is 8.55. The van der Waals surface area contributed by atoms with Gasteiger partial charge in [-0.15, -0.1) is 12.2 Å². The molecule has 1 atom stereocenters. The summed E-state index contributed by atoms with van der Waals surface area (Å²) >= 11 is 7.95. The van der Waals surface area contributed by atoms with Gasteiger partial charge in [0.25, 0.3) is 0 Å². The Morgan fingerprint density at radius 2 is 2.00 bits per heavy atom. The van der Waals surface area contributed by atoms with Crippen molar-refractivity contribution in [1.29, 1.82) is 0 Å². The minimum absolute atomic E-state index is 0.843. The fraction of sp³-hybridized carbons (Fsp3) is 0. The molecule has 0 amide bonds. The highest BCUT2D eigenvalue weighted by Gasteiger charge is 1.53. The van der Waals surface area contributed by atoms with E-state index >= 15 is 0 Å². The average Bonchev–Trinajstić information content (AvgIpc) is 0.811. The van der Waals surface area contributed by atoms with Crippen LogP contribution in [0.3, 0.4) is 0 Å². The maximum Gasteiger partial charge on any atom is 0.0429 e. The normalized spacial score (nSPS) is 11.0. The van der Waals surface area contributed by atoms with Crippen LogP contribution in [0, 0.1) is 0 Å². The first-order valence-electron chi connectivity index (χ1n) is 0.641. The number of hydrogen-bond acceptors (Lipinski definition) is 1. The lowest BCUT2D eigenvalue weighted by molar-refractivity contribution is 2.04. The smallest absolute Gasteiger partial charge is 0.0429 e. The molecule has 0 saturated heterocycles. The highest BCUT2D eigenvalue weighted by Crippen LogP contribution is 2.11. The van der Waals surface area contributed by atoms with Crippen LogP contribution >= 0.6 is 18.3 Å². The molecule has 25 valence electrons. The molecule has 4 heavy (non-hydrogen) atoms. The lowest BCUT2D eigenvalue weighted by Gasteiger charge is -1.64. The van der Waals surface area contributed by atoms with Crippen LogP contribution < -0.4 is 5.50 Å². The van der Waals surface area contributed by atoms with Gasteiger partial charge in [0.1, 0.15) is 0 Å². The van der Waals surface area contributed by atoms with E-state index in [0.717, 1.165) is 0 Å². The molecule has 0 aliphatic heterocycles. The van der Waals surface area contributed by atoms with Crippen LogP contribution in [0.25, 0.3) is 0 Å². The fourth-order valence-electron chi connectivity index (χ4n) is 0. The number of nitrogens with two attached hydrogens (primary N) is 1. The largest absolute Gasteiger partial charge is 0.275 e. The van der Waals surface area contributed by atoms with Crippen molar-refractivity contribution in [3.63, 3.8) is 0 Å². The number of hydrogen-bond donors (Lipinski definition) is 2. The van der Waals surface area contributed by atoms with E-state index in [1.165, 1.54) is 0 Å². The molecule has 2 N–H and O–H groups in total. The molecule has 0 fully saturated rings. The topological polar surface area (TPSA) is 26.0 Å². The van der Waals surface area contributed by atoms with Gasteiger partial charge >= 0.3 is 0 Å². The summed E-state index contributed by atoms with van der Waals surface area (Å²) in [7, 11) is 0. The van der Waals surface area contributed by atoms with Gasteiger partial charge in [0, 0.05) is 6.05 Å². The van der Waals surface area contributed by atoms with E-state index in [9.17, 15) is 0 Å². The van der Waals surface area contributed by atoms with E-state index in [1.807, 2.05) is 0 Å². The quantitative estimate of drug-likeness (QED) is 0.355. The van der Waals surface area contributed by atoms with E-state index in [-0.39, 0.29) is 0 Å². The molecule has 0 aromatic carbocycles. The second-order valence-electron chi connectivity index (χ2n) is 0.303. The summed E-state index contributed by atoms with van der Waals surface area (Å²) in [4.78, 5) is 0. The van der Waals surface area contributed by atoms with Gasteiger partial charge in [-0.05, 0) is 11.8 Å². The molecule has 0 rings (SSSR count). The second-order valence-corrected chi connectivity index (χ2v) is 4.19. The van der Waals surface area contributed by atoms with Crippen molar-refractivity contribution in [3.05, 3.63) is 0 Å². The van der Waals surface area contributed by atoms with Crippen molar-refractivity contribution < 1.29 is 0 Å². The minimum Gasteiger partial charge on any atom is -0.275 e. The Kier molecular flexibility index (Phi) is 2.52. The Balaban J connectivity index is 2.80. The molecule has 0 aromatic heterocycles. The molecule has 1 nitrogen and oxygen atoms in total. The van der Waals surface area contributed by atoms with Crippen molar-refractivity contribution in [2.75, 3.05) is 0 Å². The van der Waals surface area contributed by atoms with Gasteiger partial charge in [-0.2, -0.15) is 0 Å². The molecular formula is H3NPS2. The summed E-state index contributed by atoms with van der Waals surface area (Å²) < 4.78 is 0. The fourth-order valence-corrected chi connectivity index (χ4v) is 0. The molecule has 0 bridgehead atoms. The Hall–Kier alpha value is 0.830. The minimum atomic E-state index is -0.843. The van der Waals surface area contributed by atoms with E-state index < -0.39 is 6.05 Å². The standard InChI is InChI=1S/H3NPS2/c1-2(3)4/h(H3,1,3,4). The van der Waals surface area contributed by atoms with Gasteiger partial charge in [-0.1, -0.05) is 0 Å². The number of rotatable bonds is 0. The van der Waals surface area contributed by atoms with Gasteiger partial charge in [0.2, 0.25) is 0 Å².